The Morgan fingerprint density at radius 2 is 1.94 bits per heavy atom. The van der Waals surface area contributed by atoms with Crippen LogP contribution in [-0.4, -0.2) is 52.1 Å². The Morgan fingerprint density at radius 1 is 1.18 bits per heavy atom. The van der Waals surface area contributed by atoms with Crippen LogP contribution >= 0.6 is 11.3 Å². The van der Waals surface area contributed by atoms with E-state index in [2.05, 4.69) is 20.3 Å². The number of hydrogen-bond acceptors (Lipinski definition) is 9. The summed E-state index contributed by atoms with van der Waals surface area (Å²) >= 11 is 1.25. The number of H-pyrrole nitrogens is 2. The van der Waals surface area contributed by atoms with Crippen LogP contribution in [0.25, 0.3) is 11.0 Å². The van der Waals surface area contributed by atoms with Crippen LogP contribution in [0.5, 0.6) is 0 Å². The maximum absolute atomic E-state index is 12.7. The first kappa shape index (κ1) is 24.0. The summed E-state index contributed by atoms with van der Waals surface area (Å²) in [4.78, 5) is 59.4. The van der Waals surface area contributed by atoms with E-state index >= 15 is 0 Å². The first-order valence-corrected chi connectivity index (χ1v) is 11.2. The number of thiophene rings is 1. The van der Waals surface area contributed by atoms with Crippen molar-refractivity contribution in [2.24, 2.45) is 0 Å². The number of ether oxygens (including phenoxy) is 2. The first-order chi connectivity index (χ1) is 15.8. The number of amides is 1. The van der Waals surface area contributed by atoms with Crippen LogP contribution in [0, 0.1) is 0 Å². The third-order valence-corrected chi connectivity index (χ3v) is 5.72. The van der Waals surface area contributed by atoms with E-state index in [4.69, 9.17) is 15.2 Å². The van der Waals surface area contributed by atoms with Gasteiger partial charge in [-0.25, -0.2) is 4.79 Å². The number of rotatable bonds is 10. The van der Waals surface area contributed by atoms with Crippen LogP contribution in [0.15, 0.2) is 23.0 Å². The second-order valence-electron chi connectivity index (χ2n) is 7.07. The van der Waals surface area contributed by atoms with Crippen molar-refractivity contribution in [3.05, 3.63) is 44.0 Å². The predicted molar refractivity (Wildman–Crippen MR) is 122 cm³/mol. The molecule has 11 nitrogen and oxygen atoms in total. The molecule has 3 aromatic heterocycles. The lowest BCUT2D eigenvalue weighted by molar-refractivity contribution is -0.146. The number of carbonyl (C=O) groups excluding carboxylic acids is 3. The second-order valence-corrected chi connectivity index (χ2v) is 8.24. The fourth-order valence-corrected chi connectivity index (χ4v) is 4.12. The molecule has 0 bridgehead atoms. The molecular weight excluding hydrogens is 450 g/mol. The van der Waals surface area contributed by atoms with Gasteiger partial charge >= 0.3 is 11.9 Å². The zero-order valence-electron chi connectivity index (χ0n) is 18.2. The van der Waals surface area contributed by atoms with Crippen molar-refractivity contribution in [2.45, 2.75) is 39.2 Å². The van der Waals surface area contributed by atoms with E-state index in [-0.39, 0.29) is 37.6 Å². The van der Waals surface area contributed by atoms with Crippen molar-refractivity contribution in [3.8, 4) is 0 Å². The van der Waals surface area contributed by atoms with Crippen molar-refractivity contribution in [2.75, 3.05) is 18.9 Å². The smallest absolute Gasteiger partial charge is 0.328 e. The zero-order chi connectivity index (χ0) is 24.0. The summed E-state index contributed by atoms with van der Waals surface area (Å²) < 4.78 is 9.89. The van der Waals surface area contributed by atoms with E-state index < -0.39 is 23.9 Å². The number of hydrogen-bond donors (Lipinski definition) is 4. The Morgan fingerprint density at radius 3 is 2.67 bits per heavy atom. The molecule has 0 radical (unpaired) electrons. The van der Waals surface area contributed by atoms with Gasteiger partial charge in [0.05, 0.1) is 23.5 Å². The van der Waals surface area contributed by atoms with Gasteiger partial charge in [-0.1, -0.05) is 0 Å². The zero-order valence-corrected chi connectivity index (χ0v) is 19.0. The van der Waals surface area contributed by atoms with Crippen LogP contribution in [-0.2, 0) is 25.5 Å². The van der Waals surface area contributed by atoms with E-state index in [0.717, 1.165) is 10.6 Å². The normalized spacial score (nSPS) is 11.8. The summed E-state index contributed by atoms with van der Waals surface area (Å²) in [6.45, 7) is 3.75. The van der Waals surface area contributed by atoms with E-state index in [0.29, 0.717) is 22.3 Å². The number of nitrogens with two attached hydrogens (primary N) is 1. The van der Waals surface area contributed by atoms with Crippen LogP contribution in [0.2, 0.25) is 0 Å². The number of carbonyl (C=O) groups is 3. The van der Waals surface area contributed by atoms with Crippen LogP contribution in [0.3, 0.4) is 0 Å². The fraction of sp³-hybridized carbons (Fsp3) is 0.381. The van der Waals surface area contributed by atoms with Crippen molar-refractivity contribution in [1.82, 2.24) is 20.3 Å². The maximum Gasteiger partial charge on any atom is 0.328 e. The van der Waals surface area contributed by atoms with Gasteiger partial charge in [0.15, 0.2) is 0 Å². The molecule has 0 aliphatic rings. The van der Waals surface area contributed by atoms with E-state index in [1.165, 1.54) is 11.3 Å². The average molecular weight is 476 g/mol. The minimum Gasteiger partial charge on any atom is -0.466 e. The molecule has 1 amide bonds. The predicted octanol–water partition coefficient (Wildman–Crippen LogP) is 1.49. The van der Waals surface area contributed by atoms with Gasteiger partial charge in [-0.15, -0.1) is 11.3 Å². The number of nitrogen functional groups attached to an aromatic ring is 1. The standard InChI is InChI=1S/C21H25N5O6S/c1-3-31-16(27)8-6-14(20(30)32-4-2)24-19(29)15-7-5-12(33-15)9-11-10-13-17(23-11)25-21(22)26-18(13)28/h5,7,10,14H,3-4,6,8-9H2,1-2H3,(H,24,29)(H4,22,23,25,26,28)/t14-/m0/s1. The Balaban J connectivity index is 1.68. The molecule has 3 rings (SSSR count). The van der Waals surface area contributed by atoms with Crippen LogP contribution in [0.4, 0.5) is 5.95 Å². The van der Waals surface area contributed by atoms with Crippen molar-refractivity contribution >= 4 is 46.2 Å². The molecular formula is C21H25N5O6S. The second kappa shape index (κ2) is 10.8. The third-order valence-electron chi connectivity index (χ3n) is 4.64. The molecule has 0 aromatic carbocycles. The van der Waals surface area contributed by atoms with Gasteiger partial charge in [-0.2, -0.15) is 4.98 Å². The molecule has 0 unspecified atom stereocenters. The summed E-state index contributed by atoms with van der Waals surface area (Å²) in [5.41, 5.74) is 6.36. The molecule has 12 heteroatoms. The van der Waals surface area contributed by atoms with Gasteiger partial charge in [0.1, 0.15) is 11.7 Å². The van der Waals surface area contributed by atoms with Gasteiger partial charge in [0.25, 0.3) is 11.5 Å². The molecule has 0 fully saturated rings. The van der Waals surface area contributed by atoms with Crippen LogP contribution in [0.1, 0.15) is 46.9 Å². The molecule has 33 heavy (non-hydrogen) atoms. The highest BCUT2D eigenvalue weighted by atomic mass is 32.1. The number of anilines is 1. The summed E-state index contributed by atoms with van der Waals surface area (Å²) in [7, 11) is 0. The minimum atomic E-state index is -0.968. The molecule has 1 atom stereocenters. The molecule has 0 aliphatic heterocycles. The lowest BCUT2D eigenvalue weighted by atomic mass is 10.1. The largest absolute Gasteiger partial charge is 0.466 e. The average Bonchev–Trinajstić information content (AvgIpc) is 3.38. The highest BCUT2D eigenvalue weighted by Gasteiger charge is 2.24. The number of aromatic amines is 2. The Bertz CT molecular complexity index is 1210. The Hall–Kier alpha value is -3.67. The van der Waals surface area contributed by atoms with Gasteiger partial charge < -0.3 is 25.5 Å². The summed E-state index contributed by atoms with van der Waals surface area (Å²) in [6, 6.07) is 4.15. The molecule has 3 heterocycles. The lowest BCUT2D eigenvalue weighted by Crippen LogP contribution is -2.42. The monoisotopic (exact) mass is 475 g/mol. The highest BCUT2D eigenvalue weighted by Crippen LogP contribution is 2.21. The van der Waals surface area contributed by atoms with Gasteiger partial charge in [-0.05, 0) is 38.5 Å². The Labute approximate surface area is 192 Å². The molecule has 176 valence electrons. The summed E-state index contributed by atoms with van der Waals surface area (Å²) in [5, 5.41) is 3.04. The van der Waals surface area contributed by atoms with E-state index in [9.17, 15) is 19.2 Å². The number of nitrogens with one attached hydrogen (secondary N) is 3. The number of fused-ring (bicyclic) bond motifs is 1. The molecule has 5 N–H and O–H groups in total. The molecule has 0 saturated heterocycles. The molecule has 0 aliphatic carbocycles. The highest BCUT2D eigenvalue weighted by molar-refractivity contribution is 7.14. The molecule has 3 aromatic rings. The summed E-state index contributed by atoms with van der Waals surface area (Å²) in [6.07, 6.45) is 0.491. The Kier molecular flexibility index (Phi) is 7.83. The first-order valence-electron chi connectivity index (χ1n) is 10.4. The van der Waals surface area contributed by atoms with Gasteiger partial charge in [0, 0.05) is 23.4 Å². The minimum absolute atomic E-state index is 0.0225. The van der Waals surface area contributed by atoms with Crippen molar-refractivity contribution < 1.29 is 23.9 Å². The van der Waals surface area contributed by atoms with Crippen molar-refractivity contribution in [1.29, 1.82) is 0 Å². The third kappa shape index (κ3) is 6.19. The maximum atomic E-state index is 12.7. The van der Waals surface area contributed by atoms with Gasteiger partial charge in [-0.3, -0.25) is 19.4 Å². The number of aromatic nitrogens is 3. The van der Waals surface area contributed by atoms with Crippen LogP contribution < -0.4 is 16.6 Å². The number of nitrogens with zero attached hydrogens (tertiary/aromatic N) is 1. The quantitative estimate of drug-likeness (QED) is 0.320. The SMILES string of the molecule is CCOC(=O)CC[C@H](NC(=O)c1ccc(Cc2cc3c(=O)[nH]c(N)nc3[nH]2)s1)C(=O)OCC. The molecule has 0 saturated carbocycles. The fourth-order valence-electron chi connectivity index (χ4n) is 3.19. The van der Waals surface area contributed by atoms with E-state index in [1.54, 1.807) is 32.0 Å². The topological polar surface area (TPSA) is 169 Å². The van der Waals surface area contributed by atoms with Crippen molar-refractivity contribution in [3.63, 3.8) is 0 Å². The number of esters is 2. The van der Waals surface area contributed by atoms with E-state index in [1.807, 2.05) is 0 Å². The van der Waals surface area contributed by atoms with Gasteiger partial charge in [0.2, 0.25) is 5.95 Å². The lowest BCUT2D eigenvalue weighted by Gasteiger charge is -2.16. The summed E-state index contributed by atoms with van der Waals surface area (Å²) in [5.74, 6) is -1.49. The molecule has 0 spiro atoms.